The number of carbonyl (C=O) groups is 6. The Morgan fingerprint density at radius 2 is 2.03 bits per heavy atom. The molecule has 5 amide bonds. The van der Waals surface area contributed by atoms with Crippen molar-refractivity contribution in [1.82, 2.24) is 15.5 Å². The van der Waals surface area contributed by atoms with E-state index >= 15 is 0 Å². The number of nitrogens with one attached hydrogen (secondary N) is 3. The van der Waals surface area contributed by atoms with E-state index in [2.05, 4.69) is 22.5 Å². The largest absolute Gasteiger partial charge is 0.478 e. The highest BCUT2D eigenvalue weighted by Crippen LogP contribution is 2.30. The van der Waals surface area contributed by atoms with Crippen molar-refractivity contribution in [3.63, 3.8) is 0 Å². The SMILES string of the molecule is C=C(COC(=O)c1c(C)csc1NC(=O)NCc1ccc2c(c1)CN(C1CCC(=O)NC1=O)C2=O)C(=O)O. The lowest BCUT2D eigenvalue weighted by Gasteiger charge is -2.29. The number of carboxylic acids is 1. The molecule has 0 radical (unpaired) electrons. The van der Waals surface area contributed by atoms with Crippen molar-refractivity contribution in [2.45, 2.75) is 38.9 Å². The molecule has 1 atom stereocenters. The lowest BCUT2D eigenvalue weighted by Crippen LogP contribution is -2.52. The van der Waals surface area contributed by atoms with E-state index in [4.69, 9.17) is 9.84 Å². The fraction of sp³-hybridized carbons (Fsp3) is 0.280. The lowest BCUT2D eigenvalue weighted by molar-refractivity contribution is -0.137. The van der Waals surface area contributed by atoms with Crippen LogP contribution in [0.25, 0.3) is 0 Å². The molecule has 13 heteroatoms. The van der Waals surface area contributed by atoms with E-state index in [-0.39, 0.29) is 53.9 Å². The molecule has 3 heterocycles. The number of rotatable bonds is 8. The molecule has 4 rings (SSSR count). The summed E-state index contributed by atoms with van der Waals surface area (Å²) in [6.07, 6.45) is 0.437. The number of carboxylic acid groups (broad SMARTS) is 1. The van der Waals surface area contributed by atoms with Gasteiger partial charge in [0.15, 0.2) is 0 Å². The van der Waals surface area contributed by atoms with E-state index in [1.807, 2.05) is 0 Å². The number of benzene rings is 1. The molecular weight excluding hydrogens is 516 g/mol. The number of urea groups is 1. The summed E-state index contributed by atoms with van der Waals surface area (Å²) < 4.78 is 5.00. The van der Waals surface area contributed by atoms with Gasteiger partial charge < -0.3 is 20.1 Å². The van der Waals surface area contributed by atoms with Gasteiger partial charge in [-0.15, -0.1) is 11.3 Å². The van der Waals surface area contributed by atoms with E-state index in [1.54, 1.807) is 30.5 Å². The zero-order chi connectivity index (χ0) is 27.6. The monoisotopic (exact) mass is 540 g/mol. The molecule has 1 aromatic heterocycles. The number of fused-ring (bicyclic) bond motifs is 1. The van der Waals surface area contributed by atoms with Crippen LogP contribution >= 0.6 is 11.3 Å². The Labute approximate surface area is 220 Å². The zero-order valence-electron chi connectivity index (χ0n) is 20.3. The van der Waals surface area contributed by atoms with Crippen LogP contribution < -0.4 is 16.0 Å². The molecule has 0 saturated carbocycles. The average molecular weight is 541 g/mol. The minimum Gasteiger partial charge on any atom is -0.478 e. The average Bonchev–Trinajstić information content (AvgIpc) is 3.39. The van der Waals surface area contributed by atoms with Crippen molar-refractivity contribution in [3.8, 4) is 0 Å². The minimum absolute atomic E-state index is 0.118. The molecule has 38 heavy (non-hydrogen) atoms. The van der Waals surface area contributed by atoms with E-state index in [0.29, 0.717) is 22.3 Å². The number of ether oxygens (including phenoxy) is 1. The van der Waals surface area contributed by atoms with Crippen molar-refractivity contribution in [2.24, 2.45) is 0 Å². The Morgan fingerprint density at radius 1 is 1.26 bits per heavy atom. The van der Waals surface area contributed by atoms with Crippen LogP contribution in [0.3, 0.4) is 0 Å². The van der Waals surface area contributed by atoms with E-state index in [9.17, 15) is 28.8 Å². The summed E-state index contributed by atoms with van der Waals surface area (Å²) in [6, 6.07) is 3.81. The summed E-state index contributed by atoms with van der Waals surface area (Å²) in [4.78, 5) is 73.8. The number of hydrogen-bond acceptors (Lipinski definition) is 8. The second-order valence-electron chi connectivity index (χ2n) is 8.81. The molecular formula is C25H24N4O8S. The topological polar surface area (TPSA) is 171 Å². The predicted octanol–water partition coefficient (Wildman–Crippen LogP) is 1.94. The highest BCUT2D eigenvalue weighted by Gasteiger charge is 2.39. The number of imide groups is 1. The quantitative estimate of drug-likeness (QED) is 0.223. The van der Waals surface area contributed by atoms with Gasteiger partial charge in [0.25, 0.3) is 5.91 Å². The smallest absolute Gasteiger partial charge is 0.341 e. The first-order chi connectivity index (χ1) is 18.0. The summed E-state index contributed by atoms with van der Waals surface area (Å²) in [5.41, 5.74) is 2.28. The zero-order valence-corrected chi connectivity index (χ0v) is 21.1. The van der Waals surface area contributed by atoms with Crippen molar-refractivity contribution < 1.29 is 38.6 Å². The third-order valence-electron chi connectivity index (χ3n) is 6.13. The number of aryl methyl sites for hydroxylation is 1. The fourth-order valence-electron chi connectivity index (χ4n) is 4.14. The molecule has 4 N–H and O–H groups in total. The maximum atomic E-state index is 12.8. The number of aliphatic carboxylic acids is 1. The van der Waals surface area contributed by atoms with Crippen molar-refractivity contribution in [3.05, 3.63) is 63.5 Å². The van der Waals surface area contributed by atoms with Gasteiger partial charge in [0, 0.05) is 25.1 Å². The molecule has 2 aromatic rings. The van der Waals surface area contributed by atoms with Gasteiger partial charge in [0.1, 0.15) is 17.6 Å². The van der Waals surface area contributed by atoms with Gasteiger partial charge in [-0.25, -0.2) is 14.4 Å². The van der Waals surface area contributed by atoms with Gasteiger partial charge in [-0.3, -0.25) is 25.0 Å². The summed E-state index contributed by atoms with van der Waals surface area (Å²) in [5.74, 6) is -3.19. The maximum absolute atomic E-state index is 12.8. The molecule has 1 unspecified atom stereocenters. The standard InChI is InChI=1S/C25H24N4O8S/c1-12(23(33)34)10-37-24(35)19-13(2)11-38-21(19)28-25(36)26-8-14-3-4-16-15(7-14)9-29(22(16)32)17-5-6-18(30)27-20(17)31/h3-4,7,11,17H,1,5-6,8-10H2,2H3,(H,33,34)(H2,26,28,36)(H,27,30,31). The van der Waals surface area contributed by atoms with E-state index < -0.39 is 36.5 Å². The Kier molecular flexibility index (Phi) is 7.57. The number of anilines is 1. The number of nitrogens with zero attached hydrogens (tertiary/aromatic N) is 1. The van der Waals surface area contributed by atoms with Crippen LogP contribution in [0, 0.1) is 6.92 Å². The molecule has 0 aliphatic carbocycles. The van der Waals surface area contributed by atoms with Crippen LogP contribution in [0.5, 0.6) is 0 Å². The van der Waals surface area contributed by atoms with Gasteiger partial charge in [-0.1, -0.05) is 18.7 Å². The Bertz CT molecular complexity index is 1380. The van der Waals surface area contributed by atoms with E-state index in [0.717, 1.165) is 11.3 Å². The summed E-state index contributed by atoms with van der Waals surface area (Å²) >= 11 is 1.12. The molecule has 2 aliphatic rings. The van der Waals surface area contributed by atoms with Gasteiger partial charge in [0.2, 0.25) is 11.8 Å². The summed E-state index contributed by atoms with van der Waals surface area (Å²) in [7, 11) is 0. The highest BCUT2D eigenvalue weighted by atomic mass is 32.1. The highest BCUT2D eigenvalue weighted by molar-refractivity contribution is 7.15. The molecule has 198 valence electrons. The van der Waals surface area contributed by atoms with Gasteiger partial charge in [-0.2, -0.15) is 0 Å². The Balaban J connectivity index is 1.35. The van der Waals surface area contributed by atoms with Gasteiger partial charge in [0.05, 0.1) is 11.1 Å². The van der Waals surface area contributed by atoms with Crippen molar-refractivity contribution >= 4 is 52.0 Å². The second-order valence-corrected chi connectivity index (χ2v) is 9.69. The van der Waals surface area contributed by atoms with Crippen molar-refractivity contribution in [1.29, 1.82) is 0 Å². The van der Waals surface area contributed by atoms with Crippen molar-refractivity contribution in [2.75, 3.05) is 11.9 Å². The van der Waals surface area contributed by atoms with Crippen LogP contribution in [0.4, 0.5) is 9.80 Å². The molecule has 2 aliphatic heterocycles. The molecule has 0 spiro atoms. The minimum atomic E-state index is -1.28. The number of thiophene rings is 1. The van der Waals surface area contributed by atoms with Crippen LogP contribution in [0.1, 0.15) is 50.2 Å². The molecule has 1 saturated heterocycles. The fourth-order valence-corrected chi connectivity index (χ4v) is 5.07. The molecule has 0 bridgehead atoms. The summed E-state index contributed by atoms with van der Waals surface area (Å²) in [6.45, 7) is 4.81. The third kappa shape index (κ3) is 5.57. The first-order valence-electron chi connectivity index (χ1n) is 11.5. The number of hydrogen-bond donors (Lipinski definition) is 4. The summed E-state index contributed by atoms with van der Waals surface area (Å²) in [5, 5.41) is 18.3. The van der Waals surface area contributed by atoms with Gasteiger partial charge >= 0.3 is 18.0 Å². The molecule has 12 nitrogen and oxygen atoms in total. The van der Waals surface area contributed by atoms with Gasteiger partial charge in [-0.05, 0) is 41.5 Å². The third-order valence-corrected chi connectivity index (χ3v) is 7.14. The number of piperidine rings is 1. The lowest BCUT2D eigenvalue weighted by atomic mass is 10.0. The maximum Gasteiger partial charge on any atom is 0.341 e. The van der Waals surface area contributed by atoms with Crippen LogP contribution in [-0.2, 0) is 32.2 Å². The van der Waals surface area contributed by atoms with Crippen LogP contribution in [0.15, 0.2) is 35.7 Å². The number of carbonyl (C=O) groups excluding carboxylic acids is 5. The Hall–Kier alpha value is -4.52. The first kappa shape index (κ1) is 26.5. The molecule has 1 fully saturated rings. The van der Waals surface area contributed by atoms with Crippen LogP contribution in [-0.4, -0.2) is 58.3 Å². The molecule has 1 aromatic carbocycles. The number of esters is 1. The normalized spacial score (nSPS) is 16.5. The second kappa shape index (κ2) is 10.8. The van der Waals surface area contributed by atoms with Crippen LogP contribution in [0.2, 0.25) is 0 Å². The Morgan fingerprint density at radius 3 is 2.74 bits per heavy atom. The number of amides is 5. The van der Waals surface area contributed by atoms with E-state index in [1.165, 1.54) is 4.90 Å². The first-order valence-corrected chi connectivity index (χ1v) is 12.4. The predicted molar refractivity (Wildman–Crippen MR) is 134 cm³/mol.